The van der Waals surface area contributed by atoms with Crippen molar-refractivity contribution < 1.29 is 23.1 Å². The smallest absolute Gasteiger partial charge is 0.242 e. The molecule has 2 aromatic rings. The first-order valence-electron chi connectivity index (χ1n) is 10.8. The Morgan fingerprint density at radius 3 is 2.42 bits per heavy atom. The molecule has 0 bridgehead atoms. The minimum atomic E-state index is -0.326. The highest BCUT2D eigenvalue weighted by Crippen LogP contribution is 2.13. The molecule has 0 aliphatic carbocycles. The number of hydrogen-bond acceptors (Lipinski definition) is 4. The fourth-order valence-corrected chi connectivity index (χ4v) is 3.17. The van der Waals surface area contributed by atoms with Crippen molar-refractivity contribution in [2.75, 3.05) is 26.3 Å². The molecule has 0 spiro atoms. The van der Waals surface area contributed by atoms with Crippen LogP contribution in [0.1, 0.15) is 44.9 Å². The minimum Gasteiger partial charge on any atom is -0.467 e. The van der Waals surface area contributed by atoms with Crippen molar-refractivity contribution in [3.63, 3.8) is 0 Å². The van der Waals surface area contributed by atoms with Crippen LogP contribution in [-0.4, -0.2) is 47.9 Å². The molecule has 6 nitrogen and oxygen atoms in total. The molecular formula is C24H33FN2O4. The summed E-state index contributed by atoms with van der Waals surface area (Å²) in [6.07, 6.45) is 2.61. The van der Waals surface area contributed by atoms with Gasteiger partial charge in [-0.2, -0.15) is 0 Å². The topological polar surface area (TPSA) is 63.0 Å². The third kappa shape index (κ3) is 8.92. The highest BCUT2D eigenvalue weighted by molar-refractivity contribution is 5.85. The van der Waals surface area contributed by atoms with Gasteiger partial charge in [-0.1, -0.05) is 26.0 Å². The number of rotatable bonds is 13. The molecule has 0 atom stereocenters. The molecule has 0 saturated heterocycles. The van der Waals surface area contributed by atoms with Gasteiger partial charge in [0.15, 0.2) is 0 Å². The summed E-state index contributed by atoms with van der Waals surface area (Å²) in [5, 5.41) is 0. The van der Waals surface area contributed by atoms with Crippen LogP contribution in [0.15, 0.2) is 47.1 Å². The van der Waals surface area contributed by atoms with E-state index in [1.165, 1.54) is 12.1 Å². The van der Waals surface area contributed by atoms with E-state index in [1.54, 1.807) is 40.3 Å². The summed E-state index contributed by atoms with van der Waals surface area (Å²) in [6.45, 7) is 8.06. The van der Waals surface area contributed by atoms with Gasteiger partial charge >= 0.3 is 0 Å². The molecule has 0 fully saturated rings. The lowest BCUT2D eigenvalue weighted by Gasteiger charge is -2.28. The summed E-state index contributed by atoms with van der Waals surface area (Å²) >= 11 is 0. The van der Waals surface area contributed by atoms with Gasteiger partial charge in [0, 0.05) is 32.7 Å². The SMILES string of the molecule is CCOCCCN(CC(=O)N(Cc1ccc(F)cc1)Cc1ccco1)C(=O)CC(C)C. The second kappa shape index (κ2) is 12.9. The van der Waals surface area contributed by atoms with E-state index >= 15 is 0 Å². The summed E-state index contributed by atoms with van der Waals surface area (Å²) in [5.41, 5.74) is 0.803. The predicted molar refractivity (Wildman–Crippen MR) is 117 cm³/mol. The number of halogens is 1. The van der Waals surface area contributed by atoms with Gasteiger partial charge in [-0.05, 0) is 49.1 Å². The number of hydrogen-bond donors (Lipinski definition) is 0. The summed E-state index contributed by atoms with van der Waals surface area (Å²) in [7, 11) is 0. The maximum absolute atomic E-state index is 13.3. The van der Waals surface area contributed by atoms with Gasteiger partial charge in [0.05, 0.1) is 19.4 Å². The van der Waals surface area contributed by atoms with Gasteiger partial charge in [0.1, 0.15) is 11.6 Å². The zero-order valence-electron chi connectivity index (χ0n) is 18.7. The van der Waals surface area contributed by atoms with Crippen molar-refractivity contribution in [3.05, 3.63) is 59.8 Å². The van der Waals surface area contributed by atoms with Crippen molar-refractivity contribution >= 4 is 11.8 Å². The number of amides is 2. The van der Waals surface area contributed by atoms with Crippen molar-refractivity contribution in [1.82, 2.24) is 9.80 Å². The van der Waals surface area contributed by atoms with E-state index in [9.17, 15) is 14.0 Å². The minimum absolute atomic E-state index is 0.0143. The Morgan fingerprint density at radius 1 is 1.06 bits per heavy atom. The van der Waals surface area contributed by atoms with E-state index in [-0.39, 0.29) is 36.6 Å². The summed E-state index contributed by atoms with van der Waals surface area (Å²) in [4.78, 5) is 29.2. The summed E-state index contributed by atoms with van der Waals surface area (Å²) in [6, 6.07) is 9.62. The van der Waals surface area contributed by atoms with Crippen molar-refractivity contribution in [1.29, 1.82) is 0 Å². The number of furan rings is 1. The molecular weight excluding hydrogens is 399 g/mol. The lowest BCUT2D eigenvalue weighted by Crippen LogP contribution is -2.43. The van der Waals surface area contributed by atoms with Gasteiger partial charge in [-0.25, -0.2) is 4.39 Å². The number of carbonyl (C=O) groups excluding carboxylic acids is 2. The van der Waals surface area contributed by atoms with E-state index in [0.717, 1.165) is 5.56 Å². The number of ether oxygens (including phenoxy) is 1. The van der Waals surface area contributed by atoms with Crippen LogP contribution in [0.2, 0.25) is 0 Å². The van der Waals surface area contributed by atoms with Gasteiger partial charge in [-0.15, -0.1) is 0 Å². The fraction of sp³-hybridized carbons (Fsp3) is 0.500. The summed E-state index contributed by atoms with van der Waals surface area (Å²) in [5.74, 6) is 0.295. The van der Waals surface area contributed by atoms with E-state index in [4.69, 9.17) is 9.15 Å². The lowest BCUT2D eigenvalue weighted by atomic mass is 10.1. The van der Waals surface area contributed by atoms with Crippen LogP contribution < -0.4 is 0 Å². The van der Waals surface area contributed by atoms with Crippen molar-refractivity contribution in [2.45, 2.75) is 46.7 Å². The average molecular weight is 433 g/mol. The molecule has 1 heterocycles. The largest absolute Gasteiger partial charge is 0.467 e. The second-order valence-electron chi connectivity index (χ2n) is 7.92. The molecule has 0 aliphatic heterocycles. The first-order chi connectivity index (χ1) is 14.9. The van der Waals surface area contributed by atoms with E-state index in [0.29, 0.717) is 44.9 Å². The normalized spacial score (nSPS) is 11.0. The molecule has 0 saturated carbocycles. The first-order valence-corrected chi connectivity index (χ1v) is 10.8. The molecule has 0 radical (unpaired) electrons. The third-order valence-corrected chi connectivity index (χ3v) is 4.75. The summed E-state index contributed by atoms with van der Waals surface area (Å²) < 4.78 is 24.1. The first kappa shape index (κ1) is 24.6. The number of carbonyl (C=O) groups is 2. The average Bonchev–Trinajstić information content (AvgIpc) is 3.24. The Hall–Kier alpha value is -2.67. The van der Waals surface area contributed by atoms with E-state index in [2.05, 4.69) is 0 Å². The van der Waals surface area contributed by atoms with Crippen molar-refractivity contribution in [3.8, 4) is 0 Å². The maximum atomic E-state index is 13.3. The Kier molecular flexibility index (Phi) is 10.2. The molecule has 7 heteroatoms. The zero-order chi connectivity index (χ0) is 22.6. The number of benzene rings is 1. The monoisotopic (exact) mass is 432 g/mol. The molecule has 1 aromatic heterocycles. The molecule has 0 aliphatic rings. The van der Waals surface area contributed by atoms with E-state index in [1.807, 2.05) is 20.8 Å². The predicted octanol–water partition coefficient (Wildman–Crippen LogP) is 4.25. The Morgan fingerprint density at radius 2 is 1.81 bits per heavy atom. The van der Waals surface area contributed by atoms with Crippen LogP contribution in [0.25, 0.3) is 0 Å². The van der Waals surface area contributed by atoms with Crippen LogP contribution in [-0.2, 0) is 27.4 Å². The van der Waals surface area contributed by atoms with Gasteiger partial charge in [0.2, 0.25) is 11.8 Å². The van der Waals surface area contributed by atoms with Gasteiger partial charge < -0.3 is 19.0 Å². The third-order valence-electron chi connectivity index (χ3n) is 4.75. The second-order valence-corrected chi connectivity index (χ2v) is 7.92. The molecule has 0 unspecified atom stereocenters. The fourth-order valence-electron chi connectivity index (χ4n) is 3.17. The van der Waals surface area contributed by atoms with Crippen LogP contribution >= 0.6 is 0 Å². The van der Waals surface area contributed by atoms with Gasteiger partial charge in [0.25, 0.3) is 0 Å². The van der Waals surface area contributed by atoms with E-state index < -0.39 is 0 Å². The van der Waals surface area contributed by atoms with Crippen LogP contribution in [0.3, 0.4) is 0 Å². The standard InChI is InChI=1S/C24H33FN2O4/c1-4-30-13-6-12-26(23(28)15-19(2)3)18-24(29)27(17-22-7-5-14-31-22)16-20-8-10-21(25)11-9-20/h5,7-11,14,19H,4,6,12-13,15-18H2,1-3H3. The Labute approximate surface area is 184 Å². The molecule has 2 amide bonds. The highest BCUT2D eigenvalue weighted by Gasteiger charge is 2.23. The van der Waals surface area contributed by atoms with Crippen molar-refractivity contribution in [2.24, 2.45) is 5.92 Å². The number of nitrogens with zero attached hydrogens (tertiary/aromatic N) is 2. The maximum Gasteiger partial charge on any atom is 0.242 e. The van der Waals surface area contributed by atoms with Gasteiger partial charge in [-0.3, -0.25) is 9.59 Å². The van der Waals surface area contributed by atoms with Crippen LogP contribution in [0.4, 0.5) is 4.39 Å². The zero-order valence-corrected chi connectivity index (χ0v) is 18.7. The lowest BCUT2D eigenvalue weighted by molar-refractivity contribution is -0.142. The molecule has 31 heavy (non-hydrogen) atoms. The Bertz CT molecular complexity index is 790. The molecule has 2 rings (SSSR count). The van der Waals surface area contributed by atoms with Crippen LogP contribution in [0, 0.1) is 11.7 Å². The molecule has 0 N–H and O–H groups in total. The highest BCUT2D eigenvalue weighted by atomic mass is 19.1. The quantitative estimate of drug-likeness (QED) is 0.444. The Balaban J connectivity index is 2.11. The van der Waals surface area contributed by atoms with Crippen LogP contribution in [0.5, 0.6) is 0 Å². The molecule has 170 valence electrons. The molecule has 1 aromatic carbocycles.